The van der Waals surface area contributed by atoms with Crippen LogP contribution in [-0.4, -0.2) is 20.9 Å². The fraction of sp³-hybridized carbons (Fsp3) is 0.600. The molecule has 4 heteroatoms. The van der Waals surface area contributed by atoms with E-state index in [1.807, 2.05) is 6.07 Å². The van der Waals surface area contributed by atoms with Crippen LogP contribution < -0.4 is 0 Å². The number of aromatic nitrogens is 2. The second-order valence-corrected chi connectivity index (χ2v) is 3.81. The molecule has 1 N–H and O–H groups in total. The van der Waals surface area contributed by atoms with Crippen molar-refractivity contribution in [1.29, 1.82) is 0 Å². The summed E-state index contributed by atoms with van der Waals surface area (Å²) in [5.74, 6) is -0.281. The van der Waals surface area contributed by atoms with Crippen LogP contribution in [0.3, 0.4) is 0 Å². The molecule has 1 aromatic heterocycles. The first-order chi connectivity index (χ1) is 6.75. The first-order valence-electron chi connectivity index (χ1n) is 5.01. The molecule has 76 valence electrons. The Hall–Kier alpha value is -1.32. The zero-order valence-electron chi connectivity index (χ0n) is 8.02. The third kappa shape index (κ3) is 1.95. The van der Waals surface area contributed by atoms with Crippen molar-refractivity contribution in [3.05, 3.63) is 18.0 Å². The van der Waals surface area contributed by atoms with E-state index in [4.69, 9.17) is 5.11 Å². The highest BCUT2D eigenvalue weighted by molar-refractivity contribution is 5.66. The third-order valence-corrected chi connectivity index (χ3v) is 2.73. The second-order valence-electron chi connectivity index (χ2n) is 3.81. The van der Waals surface area contributed by atoms with Crippen LogP contribution in [0.2, 0.25) is 0 Å². The quantitative estimate of drug-likeness (QED) is 0.795. The van der Waals surface area contributed by atoms with Gasteiger partial charge in [0.25, 0.3) is 0 Å². The lowest BCUT2D eigenvalue weighted by Gasteiger charge is -2.03. The van der Waals surface area contributed by atoms with Gasteiger partial charge in [0.05, 0.1) is 5.69 Å². The minimum Gasteiger partial charge on any atom is -0.480 e. The van der Waals surface area contributed by atoms with Crippen molar-refractivity contribution in [1.82, 2.24) is 9.78 Å². The van der Waals surface area contributed by atoms with Gasteiger partial charge < -0.3 is 5.11 Å². The van der Waals surface area contributed by atoms with E-state index in [1.165, 1.54) is 30.4 Å². The molecular weight excluding hydrogens is 180 g/mol. The second kappa shape index (κ2) is 3.82. The Morgan fingerprint density at radius 3 is 2.93 bits per heavy atom. The van der Waals surface area contributed by atoms with Crippen LogP contribution in [0.4, 0.5) is 0 Å². The Balaban J connectivity index is 2.05. The summed E-state index contributed by atoms with van der Waals surface area (Å²) in [6, 6.07) is 1.94. The number of carboxylic acids is 1. The van der Waals surface area contributed by atoms with Crippen LogP contribution in [0.25, 0.3) is 0 Å². The third-order valence-electron chi connectivity index (χ3n) is 2.73. The number of nitrogens with zero attached hydrogens (tertiary/aromatic N) is 2. The molecule has 2 rings (SSSR count). The Bertz CT molecular complexity index is 327. The number of carboxylic acid groups (broad SMARTS) is 1. The van der Waals surface area contributed by atoms with E-state index in [-0.39, 0.29) is 6.54 Å². The molecule has 0 aromatic carbocycles. The summed E-state index contributed by atoms with van der Waals surface area (Å²) in [6.45, 7) is -0.0350. The minimum atomic E-state index is -0.842. The summed E-state index contributed by atoms with van der Waals surface area (Å²) in [5, 5.41) is 12.8. The summed E-state index contributed by atoms with van der Waals surface area (Å²) in [5.41, 5.74) is 1.06. The maximum atomic E-state index is 10.4. The van der Waals surface area contributed by atoms with Gasteiger partial charge in [-0.3, -0.25) is 9.48 Å². The van der Waals surface area contributed by atoms with Crippen LogP contribution in [0.5, 0.6) is 0 Å². The van der Waals surface area contributed by atoms with Gasteiger partial charge in [0.15, 0.2) is 0 Å². The predicted octanol–water partition coefficient (Wildman–Crippen LogP) is 1.63. The van der Waals surface area contributed by atoms with Crippen LogP contribution in [0.15, 0.2) is 12.3 Å². The Kier molecular flexibility index (Phi) is 2.52. The van der Waals surface area contributed by atoms with Gasteiger partial charge in [-0.15, -0.1) is 0 Å². The maximum absolute atomic E-state index is 10.4. The number of aliphatic carboxylic acids is 1. The van der Waals surface area contributed by atoms with Gasteiger partial charge in [-0.25, -0.2) is 0 Å². The van der Waals surface area contributed by atoms with E-state index >= 15 is 0 Å². The van der Waals surface area contributed by atoms with Crippen molar-refractivity contribution in [2.75, 3.05) is 0 Å². The van der Waals surface area contributed by atoms with Crippen molar-refractivity contribution in [3.63, 3.8) is 0 Å². The van der Waals surface area contributed by atoms with Crippen molar-refractivity contribution in [2.24, 2.45) is 0 Å². The molecule has 0 radical (unpaired) electrons. The average molecular weight is 194 g/mol. The smallest absolute Gasteiger partial charge is 0.325 e. The first kappa shape index (κ1) is 9.24. The van der Waals surface area contributed by atoms with Crippen molar-refractivity contribution < 1.29 is 9.90 Å². The van der Waals surface area contributed by atoms with Gasteiger partial charge in [0.1, 0.15) is 6.54 Å². The van der Waals surface area contributed by atoms with Crippen LogP contribution >= 0.6 is 0 Å². The molecule has 0 saturated heterocycles. The van der Waals surface area contributed by atoms with Gasteiger partial charge in [0, 0.05) is 12.1 Å². The molecule has 1 aromatic rings. The Morgan fingerprint density at radius 2 is 2.29 bits per heavy atom. The molecule has 0 aliphatic heterocycles. The Morgan fingerprint density at radius 1 is 1.57 bits per heavy atom. The highest BCUT2D eigenvalue weighted by Gasteiger charge is 2.19. The van der Waals surface area contributed by atoms with E-state index in [9.17, 15) is 4.79 Å². The van der Waals surface area contributed by atoms with Crippen molar-refractivity contribution in [2.45, 2.75) is 38.1 Å². The largest absolute Gasteiger partial charge is 0.480 e. The summed E-state index contributed by atoms with van der Waals surface area (Å²) in [6.07, 6.45) is 6.70. The van der Waals surface area contributed by atoms with E-state index in [0.29, 0.717) is 5.92 Å². The van der Waals surface area contributed by atoms with Crippen LogP contribution in [0.1, 0.15) is 37.3 Å². The van der Waals surface area contributed by atoms with E-state index in [1.54, 1.807) is 6.20 Å². The monoisotopic (exact) mass is 194 g/mol. The normalized spacial score (nSPS) is 17.4. The Labute approximate surface area is 82.5 Å². The molecule has 14 heavy (non-hydrogen) atoms. The van der Waals surface area contributed by atoms with Gasteiger partial charge in [-0.2, -0.15) is 5.10 Å². The zero-order valence-corrected chi connectivity index (χ0v) is 8.02. The van der Waals surface area contributed by atoms with Gasteiger partial charge in [-0.1, -0.05) is 12.8 Å². The lowest BCUT2D eigenvalue weighted by Crippen LogP contribution is -2.09. The summed E-state index contributed by atoms with van der Waals surface area (Å²) < 4.78 is 1.50. The fourth-order valence-corrected chi connectivity index (χ4v) is 2.04. The molecule has 1 aliphatic rings. The molecule has 1 fully saturated rings. The number of rotatable bonds is 3. The lowest BCUT2D eigenvalue weighted by atomic mass is 10.1. The zero-order chi connectivity index (χ0) is 9.97. The summed E-state index contributed by atoms with van der Waals surface area (Å²) in [7, 11) is 0. The lowest BCUT2D eigenvalue weighted by molar-refractivity contribution is -0.137. The maximum Gasteiger partial charge on any atom is 0.325 e. The molecule has 0 unspecified atom stereocenters. The highest BCUT2D eigenvalue weighted by Crippen LogP contribution is 2.32. The van der Waals surface area contributed by atoms with Gasteiger partial charge in [-0.05, 0) is 18.9 Å². The minimum absolute atomic E-state index is 0.0350. The summed E-state index contributed by atoms with van der Waals surface area (Å²) in [4.78, 5) is 10.4. The first-order valence-corrected chi connectivity index (χ1v) is 5.01. The molecule has 1 heterocycles. The molecule has 4 nitrogen and oxygen atoms in total. The van der Waals surface area contributed by atoms with E-state index in [0.717, 1.165) is 5.69 Å². The molecule has 0 spiro atoms. The summed E-state index contributed by atoms with van der Waals surface area (Å²) >= 11 is 0. The molecular formula is C10H14N2O2. The molecule has 1 aliphatic carbocycles. The fourth-order valence-electron chi connectivity index (χ4n) is 2.04. The topological polar surface area (TPSA) is 55.1 Å². The van der Waals surface area contributed by atoms with Crippen LogP contribution in [0, 0.1) is 0 Å². The molecule has 0 amide bonds. The average Bonchev–Trinajstić information content (AvgIpc) is 2.69. The van der Waals surface area contributed by atoms with Gasteiger partial charge >= 0.3 is 5.97 Å². The molecule has 1 saturated carbocycles. The standard InChI is InChI=1S/C10H14N2O2/c13-10(14)7-12-6-5-9(11-12)8-3-1-2-4-8/h5-6,8H,1-4,7H2,(H,13,14). The molecule has 0 bridgehead atoms. The molecule has 0 atom stereocenters. The SMILES string of the molecule is O=C(O)Cn1ccc(C2CCCC2)n1. The van der Waals surface area contributed by atoms with Crippen molar-refractivity contribution >= 4 is 5.97 Å². The highest BCUT2D eigenvalue weighted by atomic mass is 16.4. The van der Waals surface area contributed by atoms with E-state index < -0.39 is 5.97 Å². The van der Waals surface area contributed by atoms with E-state index in [2.05, 4.69) is 5.10 Å². The number of carbonyl (C=O) groups is 1. The van der Waals surface area contributed by atoms with Crippen molar-refractivity contribution in [3.8, 4) is 0 Å². The number of hydrogen-bond acceptors (Lipinski definition) is 2. The predicted molar refractivity (Wildman–Crippen MR) is 51.1 cm³/mol. The van der Waals surface area contributed by atoms with Crippen LogP contribution in [-0.2, 0) is 11.3 Å². The van der Waals surface area contributed by atoms with Gasteiger partial charge in [0.2, 0.25) is 0 Å². The number of hydrogen-bond donors (Lipinski definition) is 1.